The van der Waals surface area contributed by atoms with Crippen LogP contribution >= 0.6 is 0 Å². The van der Waals surface area contributed by atoms with Gasteiger partial charge in [-0.05, 0) is 27.0 Å². The van der Waals surface area contributed by atoms with Gasteiger partial charge in [0.25, 0.3) is 0 Å². The van der Waals surface area contributed by atoms with E-state index in [0.717, 1.165) is 32.0 Å². The summed E-state index contributed by atoms with van der Waals surface area (Å²) in [6, 6.07) is 4.09. The number of nitrogens with zero attached hydrogens (tertiary/aromatic N) is 3. The monoisotopic (exact) mass is 264 g/mol. The quantitative estimate of drug-likeness (QED) is 0.850. The molecule has 2 rings (SSSR count). The van der Waals surface area contributed by atoms with Crippen LogP contribution in [0.15, 0.2) is 18.3 Å². The highest BCUT2D eigenvalue weighted by molar-refractivity contribution is 5.54. The van der Waals surface area contributed by atoms with Crippen molar-refractivity contribution >= 4 is 11.5 Å². The molecule has 5 heteroatoms. The summed E-state index contributed by atoms with van der Waals surface area (Å²) in [6.45, 7) is 8.33. The molecule has 5 nitrogen and oxygen atoms in total. The van der Waals surface area contributed by atoms with Crippen LogP contribution in [-0.4, -0.2) is 60.4 Å². The molecule has 2 heterocycles. The zero-order chi connectivity index (χ0) is 13.9. The molecule has 2 N–H and O–H groups in total. The van der Waals surface area contributed by atoms with Gasteiger partial charge in [-0.1, -0.05) is 0 Å². The van der Waals surface area contributed by atoms with Crippen molar-refractivity contribution in [2.24, 2.45) is 0 Å². The average molecular weight is 264 g/mol. The Morgan fingerprint density at radius 2 is 2.00 bits per heavy atom. The van der Waals surface area contributed by atoms with Gasteiger partial charge < -0.3 is 20.2 Å². The van der Waals surface area contributed by atoms with Crippen LogP contribution in [0.3, 0.4) is 0 Å². The van der Waals surface area contributed by atoms with Gasteiger partial charge in [-0.25, -0.2) is 4.98 Å². The van der Waals surface area contributed by atoms with Crippen molar-refractivity contribution in [3.8, 4) is 0 Å². The molecule has 0 atom stereocenters. The minimum absolute atomic E-state index is 0.492. The standard InChI is InChI=1S/C14H24N4O/c1-14(2,19)11-16-13-10-12(4-5-15-13)18-8-6-17(3)7-9-18/h4-5,10,19H,6-9,11H2,1-3H3,(H,15,16). The molecule has 1 fully saturated rings. The second-order valence-corrected chi connectivity index (χ2v) is 5.86. The largest absolute Gasteiger partial charge is 0.389 e. The van der Waals surface area contributed by atoms with E-state index in [2.05, 4.69) is 33.2 Å². The zero-order valence-corrected chi connectivity index (χ0v) is 12.1. The lowest BCUT2D eigenvalue weighted by Gasteiger charge is -2.34. The number of hydrogen-bond acceptors (Lipinski definition) is 5. The summed E-state index contributed by atoms with van der Waals surface area (Å²) < 4.78 is 0. The first-order valence-electron chi connectivity index (χ1n) is 6.80. The van der Waals surface area contributed by atoms with Crippen LogP contribution in [-0.2, 0) is 0 Å². The number of likely N-dealkylation sites (N-methyl/N-ethyl adjacent to an activating group) is 1. The van der Waals surface area contributed by atoms with Crippen molar-refractivity contribution in [1.82, 2.24) is 9.88 Å². The number of hydrogen-bond donors (Lipinski definition) is 2. The summed E-state index contributed by atoms with van der Waals surface area (Å²) >= 11 is 0. The van der Waals surface area contributed by atoms with Gasteiger partial charge >= 0.3 is 0 Å². The molecule has 1 aromatic heterocycles. The van der Waals surface area contributed by atoms with E-state index in [1.54, 1.807) is 13.8 Å². The maximum absolute atomic E-state index is 9.72. The molecule has 0 unspecified atom stereocenters. The van der Waals surface area contributed by atoms with Gasteiger partial charge in [0.1, 0.15) is 5.82 Å². The Morgan fingerprint density at radius 3 is 2.63 bits per heavy atom. The first-order valence-corrected chi connectivity index (χ1v) is 6.80. The first-order chi connectivity index (χ1) is 8.94. The zero-order valence-electron chi connectivity index (χ0n) is 12.1. The molecule has 1 aliphatic rings. The van der Waals surface area contributed by atoms with Crippen LogP contribution < -0.4 is 10.2 Å². The average Bonchev–Trinajstić information content (AvgIpc) is 2.37. The van der Waals surface area contributed by atoms with Crippen molar-refractivity contribution in [2.45, 2.75) is 19.4 Å². The molecular formula is C14H24N4O. The summed E-state index contributed by atoms with van der Waals surface area (Å²) in [4.78, 5) is 9.00. The van der Waals surface area contributed by atoms with Crippen LogP contribution in [0.4, 0.5) is 11.5 Å². The SMILES string of the molecule is CN1CCN(c2ccnc(NCC(C)(C)O)c2)CC1. The smallest absolute Gasteiger partial charge is 0.128 e. The van der Waals surface area contributed by atoms with Crippen molar-refractivity contribution in [3.05, 3.63) is 18.3 Å². The predicted octanol–water partition coefficient (Wildman–Crippen LogP) is 1.02. The molecule has 19 heavy (non-hydrogen) atoms. The third-order valence-corrected chi connectivity index (χ3v) is 3.31. The molecule has 0 saturated carbocycles. The van der Waals surface area contributed by atoms with Crippen LogP contribution in [0.1, 0.15) is 13.8 Å². The summed E-state index contributed by atoms with van der Waals surface area (Å²) in [7, 11) is 2.15. The van der Waals surface area contributed by atoms with E-state index in [0.29, 0.717) is 6.54 Å². The number of pyridine rings is 1. The minimum Gasteiger partial charge on any atom is -0.389 e. The van der Waals surface area contributed by atoms with E-state index in [-0.39, 0.29) is 0 Å². The van der Waals surface area contributed by atoms with Crippen molar-refractivity contribution < 1.29 is 5.11 Å². The molecular weight excluding hydrogens is 240 g/mol. The van der Waals surface area contributed by atoms with Gasteiger partial charge in [0, 0.05) is 50.7 Å². The molecule has 0 amide bonds. The first kappa shape index (κ1) is 14.1. The Bertz CT molecular complexity index is 408. The van der Waals surface area contributed by atoms with E-state index in [1.807, 2.05) is 12.3 Å². The van der Waals surface area contributed by atoms with Crippen LogP contribution in [0.5, 0.6) is 0 Å². The summed E-state index contributed by atoms with van der Waals surface area (Å²) in [5, 5.41) is 12.9. The Kier molecular flexibility index (Phi) is 4.27. The number of aromatic nitrogens is 1. The Balaban J connectivity index is 1.99. The Labute approximate surface area is 115 Å². The van der Waals surface area contributed by atoms with E-state index in [4.69, 9.17) is 0 Å². The van der Waals surface area contributed by atoms with E-state index in [9.17, 15) is 5.11 Å². The molecule has 0 aliphatic carbocycles. The van der Waals surface area contributed by atoms with Gasteiger partial charge in [-0.15, -0.1) is 0 Å². The predicted molar refractivity (Wildman–Crippen MR) is 78.7 cm³/mol. The van der Waals surface area contributed by atoms with E-state index >= 15 is 0 Å². The highest BCUT2D eigenvalue weighted by atomic mass is 16.3. The molecule has 1 saturated heterocycles. The molecule has 0 radical (unpaired) electrons. The highest BCUT2D eigenvalue weighted by Crippen LogP contribution is 2.19. The molecule has 0 bridgehead atoms. The summed E-state index contributed by atoms with van der Waals surface area (Å²) in [6.07, 6.45) is 1.82. The van der Waals surface area contributed by atoms with Gasteiger partial charge in [0.05, 0.1) is 5.60 Å². The second kappa shape index (κ2) is 5.75. The van der Waals surface area contributed by atoms with Gasteiger partial charge in [-0.2, -0.15) is 0 Å². The number of piperazine rings is 1. The van der Waals surface area contributed by atoms with Crippen molar-refractivity contribution in [3.63, 3.8) is 0 Å². The fraction of sp³-hybridized carbons (Fsp3) is 0.643. The minimum atomic E-state index is -0.731. The van der Waals surface area contributed by atoms with Gasteiger partial charge in [0.2, 0.25) is 0 Å². The number of anilines is 2. The molecule has 1 aliphatic heterocycles. The highest BCUT2D eigenvalue weighted by Gasteiger charge is 2.15. The molecule has 0 aromatic carbocycles. The van der Waals surface area contributed by atoms with Crippen molar-refractivity contribution in [2.75, 3.05) is 50.0 Å². The summed E-state index contributed by atoms with van der Waals surface area (Å²) in [5.41, 5.74) is 0.465. The third-order valence-electron chi connectivity index (χ3n) is 3.31. The normalized spacial score (nSPS) is 17.6. The maximum Gasteiger partial charge on any atom is 0.128 e. The molecule has 0 spiro atoms. The van der Waals surface area contributed by atoms with Crippen LogP contribution in [0, 0.1) is 0 Å². The Hall–Kier alpha value is -1.33. The lowest BCUT2D eigenvalue weighted by atomic mass is 10.1. The van der Waals surface area contributed by atoms with Crippen LogP contribution in [0.2, 0.25) is 0 Å². The molecule has 1 aromatic rings. The fourth-order valence-electron chi connectivity index (χ4n) is 2.08. The number of aliphatic hydroxyl groups is 1. The topological polar surface area (TPSA) is 51.6 Å². The lowest BCUT2D eigenvalue weighted by Crippen LogP contribution is -2.44. The number of nitrogens with one attached hydrogen (secondary N) is 1. The fourth-order valence-corrected chi connectivity index (χ4v) is 2.08. The Morgan fingerprint density at radius 1 is 1.32 bits per heavy atom. The second-order valence-electron chi connectivity index (χ2n) is 5.86. The van der Waals surface area contributed by atoms with E-state index in [1.165, 1.54) is 5.69 Å². The summed E-state index contributed by atoms with van der Waals surface area (Å²) in [5.74, 6) is 0.818. The maximum atomic E-state index is 9.72. The van der Waals surface area contributed by atoms with Gasteiger partial charge in [0.15, 0.2) is 0 Å². The molecule has 106 valence electrons. The van der Waals surface area contributed by atoms with Gasteiger partial charge in [-0.3, -0.25) is 0 Å². The lowest BCUT2D eigenvalue weighted by molar-refractivity contribution is 0.0944. The van der Waals surface area contributed by atoms with Crippen molar-refractivity contribution in [1.29, 1.82) is 0 Å². The third kappa shape index (κ3) is 4.36. The van der Waals surface area contributed by atoms with Crippen LogP contribution in [0.25, 0.3) is 0 Å². The van der Waals surface area contributed by atoms with E-state index < -0.39 is 5.60 Å². The number of rotatable bonds is 4.